The zero-order valence-corrected chi connectivity index (χ0v) is 13.6. The summed E-state index contributed by atoms with van der Waals surface area (Å²) in [4.78, 5) is 21.8. The number of aromatic nitrogens is 2. The van der Waals surface area contributed by atoms with E-state index in [-0.39, 0.29) is 18.1 Å². The number of ether oxygens (including phenoxy) is 1. The molecule has 0 saturated heterocycles. The van der Waals surface area contributed by atoms with Crippen LogP contribution < -0.4 is 4.90 Å². The number of aromatic amines is 1. The van der Waals surface area contributed by atoms with Crippen LogP contribution in [0.5, 0.6) is 0 Å². The molecular weight excluding hydrogens is 294 g/mol. The van der Waals surface area contributed by atoms with Crippen LogP contribution in [0.3, 0.4) is 0 Å². The molecule has 0 spiro atoms. The van der Waals surface area contributed by atoms with Crippen LogP contribution in [0.1, 0.15) is 43.0 Å². The van der Waals surface area contributed by atoms with Crippen molar-refractivity contribution in [1.82, 2.24) is 9.97 Å². The molecule has 0 unspecified atom stereocenters. The first-order valence-electron chi connectivity index (χ1n) is 8.16. The molecule has 0 bridgehead atoms. The molecule has 0 aliphatic heterocycles. The van der Waals surface area contributed by atoms with E-state index in [0.717, 1.165) is 36.0 Å². The fourth-order valence-corrected chi connectivity index (χ4v) is 3.41. The Balaban J connectivity index is 2.03. The van der Waals surface area contributed by atoms with E-state index in [1.807, 2.05) is 19.3 Å². The third-order valence-electron chi connectivity index (χ3n) is 4.57. The van der Waals surface area contributed by atoms with Crippen LogP contribution in [0.15, 0.2) is 18.5 Å². The van der Waals surface area contributed by atoms with Gasteiger partial charge in [0, 0.05) is 30.9 Å². The van der Waals surface area contributed by atoms with Crippen LogP contribution in [0.25, 0.3) is 11.0 Å². The molecule has 2 N–H and O–H groups in total. The molecule has 2 aromatic heterocycles. The molecule has 2 atom stereocenters. The molecule has 3 rings (SSSR count). The van der Waals surface area contributed by atoms with E-state index in [1.165, 1.54) is 0 Å². The molecule has 0 radical (unpaired) electrons. The van der Waals surface area contributed by atoms with E-state index in [0.29, 0.717) is 18.6 Å². The topological polar surface area (TPSA) is 78.5 Å². The van der Waals surface area contributed by atoms with Crippen LogP contribution in [0.2, 0.25) is 0 Å². The maximum absolute atomic E-state index is 12.3. The van der Waals surface area contributed by atoms with Gasteiger partial charge in [-0.3, -0.25) is 0 Å². The number of hydrogen-bond acceptors (Lipinski definition) is 5. The lowest BCUT2D eigenvalue weighted by Crippen LogP contribution is -2.38. The number of nitrogens with one attached hydrogen (secondary N) is 1. The maximum atomic E-state index is 12.3. The van der Waals surface area contributed by atoms with E-state index in [4.69, 9.17) is 4.74 Å². The van der Waals surface area contributed by atoms with Crippen molar-refractivity contribution >= 4 is 22.7 Å². The highest BCUT2D eigenvalue weighted by Crippen LogP contribution is 2.34. The lowest BCUT2D eigenvalue weighted by atomic mass is 9.91. The first-order chi connectivity index (χ1) is 11.1. The third kappa shape index (κ3) is 3.03. The average Bonchev–Trinajstić information content (AvgIpc) is 3.02. The van der Waals surface area contributed by atoms with Gasteiger partial charge in [-0.1, -0.05) is 0 Å². The van der Waals surface area contributed by atoms with E-state index >= 15 is 0 Å². The molecule has 6 heteroatoms. The molecule has 0 amide bonds. The van der Waals surface area contributed by atoms with Crippen LogP contribution >= 0.6 is 0 Å². The Morgan fingerprint density at radius 2 is 2.35 bits per heavy atom. The number of aliphatic hydroxyl groups is 1. The Kier molecular flexibility index (Phi) is 4.52. The summed E-state index contributed by atoms with van der Waals surface area (Å²) >= 11 is 0. The minimum Gasteiger partial charge on any atom is -0.462 e. The predicted molar refractivity (Wildman–Crippen MR) is 88.7 cm³/mol. The van der Waals surface area contributed by atoms with Crippen LogP contribution in [-0.2, 0) is 4.74 Å². The van der Waals surface area contributed by atoms with Gasteiger partial charge in [0.2, 0.25) is 0 Å². The van der Waals surface area contributed by atoms with Crippen molar-refractivity contribution in [3.05, 3.63) is 24.0 Å². The lowest BCUT2D eigenvalue weighted by molar-refractivity contribution is 0.0526. The Morgan fingerprint density at radius 3 is 3.09 bits per heavy atom. The number of carbonyl (C=O) groups excluding carboxylic acids is 1. The Morgan fingerprint density at radius 1 is 1.52 bits per heavy atom. The molecule has 1 aliphatic carbocycles. The van der Waals surface area contributed by atoms with Gasteiger partial charge in [0.05, 0.1) is 18.4 Å². The lowest BCUT2D eigenvalue weighted by Gasteiger charge is -2.36. The third-order valence-corrected chi connectivity index (χ3v) is 4.57. The van der Waals surface area contributed by atoms with E-state index in [9.17, 15) is 9.90 Å². The number of H-pyrrole nitrogens is 1. The number of carbonyl (C=O) groups is 1. The summed E-state index contributed by atoms with van der Waals surface area (Å²) in [5.74, 6) is -0.360. The summed E-state index contributed by atoms with van der Waals surface area (Å²) in [6, 6.07) is 2.13. The Bertz CT molecular complexity index is 697. The second kappa shape index (κ2) is 6.58. The second-order valence-electron chi connectivity index (χ2n) is 6.07. The van der Waals surface area contributed by atoms with Crippen LogP contribution in [0.4, 0.5) is 5.69 Å². The number of pyridine rings is 1. The zero-order valence-electron chi connectivity index (χ0n) is 13.6. The predicted octanol–water partition coefficient (Wildman–Crippen LogP) is 2.48. The second-order valence-corrected chi connectivity index (χ2v) is 6.07. The summed E-state index contributed by atoms with van der Waals surface area (Å²) in [7, 11) is 1.98. The minimum absolute atomic E-state index is 0.201. The summed E-state index contributed by atoms with van der Waals surface area (Å²) in [5.41, 5.74) is 2.05. The summed E-state index contributed by atoms with van der Waals surface area (Å²) in [6.45, 7) is 2.12. The highest BCUT2D eigenvalue weighted by molar-refractivity contribution is 6.04. The van der Waals surface area contributed by atoms with Crippen molar-refractivity contribution in [3.63, 3.8) is 0 Å². The van der Waals surface area contributed by atoms with Gasteiger partial charge in [-0.25, -0.2) is 9.78 Å². The standard InChI is InChI=1S/C17H23N3O3/c1-3-23-17(22)14-10-19-16-13(7-8-18-16)15(14)20(2)11-5-4-6-12(21)9-11/h7-8,10-12,21H,3-6,9H2,1-2H3,(H,18,19)/t11-,12-/m0/s1. The smallest absolute Gasteiger partial charge is 0.341 e. The molecule has 1 fully saturated rings. The molecule has 2 aromatic rings. The number of aliphatic hydroxyl groups excluding tert-OH is 1. The summed E-state index contributed by atoms with van der Waals surface area (Å²) < 4.78 is 5.19. The molecule has 1 saturated carbocycles. The molecule has 124 valence electrons. The average molecular weight is 317 g/mol. The van der Waals surface area contributed by atoms with Gasteiger partial charge in [-0.05, 0) is 38.7 Å². The molecule has 23 heavy (non-hydrogen) atoms. The number of anilines is 1. The molecule has 0 aromatic carbocycles. The number of rotatable bonds is 4. The fourth-order valence-electron chi connectivity index (χ4n) is 3.41. The van der Waals surface area contributed by atoms with Crippen LogP contribution in [-0.4, -0.2) is 46.8 Å². The maximum Gasteiger partial charge on any atom is 0.341 e. The summed E-state index contributed by atoms with van der Waals surface area (Å²) in [6.07, 6.45) is 6.68. The number of esters is 1. The van der Waals surface area contributed by atoms with Gasteiger partial charge < -0.3 is 19.7 Å². The Hall–Kier alpha value is -2.08. The Labute approximate surface area is 135 Å². The molecular formula is C17H23N3O3. The van der Waals surface area contributed by atoms with Crippen molar-refractivity contribution in [2.24, 2.45) is 0 Å². The fraction of sp³-hybridized carbons (Fsp3) is 0.529. The van der Waals surface area contributed by atoms with Gasteiger partial charge in [-0.2, -0.15) is 0 Å². The molecule has 6 nitrogen and oxygen atoms in total. The molecule has 2 heterocycles. The van der Waals surface area contributed by atoms with Crippen molar-refractivity contribution in [3.8, 4) is 0 Å². The van der Waals surface area contributed by atoms with Gasteiger partial charge in [-0.15, -0.1) is 0 Å². The monoisotopic (exact) mass is 317 g/mol. The van der Waals surface area contributed by atoms with Crippen molar-refractivity contribution in [1.29, 1.82) is 0 Å². The number of hydrogen-bond donors (Lipinski definition) is 2. The van der Waals surface area contributed by atoms with Gasteiger partial charge in [0.15, 0.2) is 0 Å². The van der Waals surface area contributed by atoms with Gasteiger partial charge >= 0.3 is 5.97 Å². The number of nitrogens with zero attached hydrogens (tertiary/aromatic N) is 2. The van der Waals surface area contributed by atoms with Crippen molar-refractivity contribution in [2.75, 3.05) is 18.6 Å². The van der Waals surface area contributed by atoms with Gasteiger partial charge in [0.25, 0.3) is 0 Å². The summed E-state index contributed by atoms with van der Waals surface area (Å²) in [5, 5.41) is 10.9. The minimum atomic E-state index is -0.360. The van der Waals surface area contributed by atoms with Crippen LogP contribution in [0, 0.1) is 0 Å². The highest BCUT2D eigenvalue weighted by atomic mass is 16.5. The molecule has 1 aliphatic rings. The SMILES string of the molecule is CCOC(=O)c1cnc2[nH]ccc2c1N(C)[C@H]1CCC[C@H](O)C1. The van der Waals surface area contributed by atoms with Gasteiger partial charge in [0.1, 0.15) is 11.2 Å². The van der Waals surface area contributed by atoms with E-state index < -0.39 is 0 Å². The highest BCUT2D eigenvalue weighted by Gasteiger charge is 2.28. The first kappa shape index (κ1) is 15.8. The first-order valence-corrected chi connectivity index (χ1v) is 8.16. The van der Waals surface area contributed by atoms with E-state index in [2.05, 4.69) is 14.9 Å². The van der Waals surface area contributed by atoms with Crippen molar-refractivity contribution < 1.29 is 14.6 Å². The quantitative estimate of drug-likeness (QED) is 0.847. The number of fused-ring (bicyclic) bond motifs is 1. The van der Waals surface area contributed by atoms with E-state index in [1.54, 1.807) is 13.1 Å². The largest absolute Gasteiger partial charge is 0.462 e. The normalized spacial score (nSPS) is 21.3. The zero-order chi connectivity index (χ0) is 16.4. The van der Waals surface area contributed by atoms with Crippen molar-refractivity contribution in [2.45, 2.75) is 44.8 Å².